The largest absolute Gasteiger partial charge is 0.465 e. The van der Waals surface area contributed by atoms with Crippen molar-refractivity contribution in [3.63, 3.8) is 0 Å². The van der Waals surface area contributed by atoms with Gasteiger partial charge in [0.05, 0.1) is 35.8 Å². The van der Waals surface area contributed by atoms with Gasteiger partial charge in [0, 0.05) is 18.3 Å². The number of thioether (sulfide) groups is 1. The maximum absolute atomic E-state index is 14.6. The predicted molar refractivity (Wildman–Crippen MR) is 159 cm³/mol. The Morgan fingerprint density at radius 1 is 1.25 bits per heavy atom. The van der Waals surface area contributed by atoms with Gasteiger partial charge < -0.3 is 19.6 Å². The predicted octanol–water partition coefficient (Wildman–Crippen LogP) is 4.25. The van der Waals surface area contributed by atoms with Crippen LogP contribution >= 0.6 is 11.8 Å². The van der Waals surface area contributed by atoms with Crippen molar-refractivity contribution in [2.24, 2.45) is 17.8 Å². The van der Waals surface area contributed by atoms with Gasteiger partial charge in [-0.2, -0.15) is 0 Å². The van der Waals surface area contributed by atoms with E-state index in [1.165, 1.54) is 0 Å². The monoisotopic (exact) mass is 568 g/mol. The van der Waals surface area contributed by atoms with E-state index in [0.717, 1.165) is 31.2 Å². The molecule has 2 amide bonds. The second kappa shape index (κ2) is 13.4. The molecule has 7 atom stereocenters. The number of aliphatic hydroxyl groups is 1. The van der Waals surface area contributed by atoms with E-state index in [9.17, 15) is 19.5 Å². The highest BCUT2D eigenvalue weighted by atomic mass is 32.2. The molecular formula is C32H44N2O5S. The van der Waals surface area contributed by atoms with Crippen molar-refractivity contribution >= 4 is 29.5 Å². The zero-order chi connectivity index (χ0) is 28.9. The fraction of sp³-hybridized carbons (Fsp3) is 0.594. The van der Waals surface area contributed by atoms with Crippen LogP contribution in [-0.2, 0) is 25.5 Å². The molecule has 1 N–H and O–H groups in total. The molecule has 0 saturated carbocycles. The Morgan fingerprint density at radius 2 is 2.00 bits per heavy atom. The Hall–Kier alpha value is -2.58. The molecule has 3 heterocycles. The standard InChI is InChI=1S/C32H44N2O5S/c1-5-8-13-17-33(16-7-3)30(37)28-32-22(4)19-25(40-32)26(31(38)39-18-9-6-2)27(32)29(36)34(28)24(21-35)20-23-14-11-10-12-15-23/h6-7,10-12,14-15,22,24-28,35H,2-3,5,8-9,13,16-21H2,1,4H3/t22?,24-,25-,26+,27+,28?,32?/m1/s1. The highest BCUT2D eigenvalue weighted by molar-refractivity contribution is 8.02. The number of hydrogen-bond donors (Lipinski definition) is 1. The summed E-state index contributed by atoms with van der Waals surface area (Å²) in [6, 6.07) is 8.36. The van der Waals surface area contributed by atoms with Crippen LogP contribution in [0.15, 0.2) is 55.6 Å². The van der Waals surface area contributed by atoms with E-state index in [1.807, 2.05) is 35.2 Å². The van der Waals surface area contributed by atoms with Crippen LogP contribution in [0.3, 0.4) is 0 Å². The topological polar surface area (TPSA) is 87.1 Å². The number of carbonyl (C=O) groups is 3. The number of rotatable bonds is 15. The Labute approximate surface area is 243 Å². The molecule has 3 aliphatic rings. The van der Waals surface area contributed by atoms with Gasteiger partial charge in [0.15, 0.2) is 0 Å². The lowest BCUT2D eigenvalue weighted by molar-refractivity contribution is -0.154. The highest BCUT2D eigenvalue weighted by Crippen LogP contribution is 2.69. The number of benzene rings is 1. The molecule has 3 unspecified atom stereocenters. The number of ether oxygens (including phenoxy) is 1. The number of unbranched alkanes of at least 4 members (excludes halogenated alkanes) is 2. The Morgan fingerprint density at radius 3 is 2.65 bits per heavy atom. The molecule has 3 fully saturated rings. The molecule has 0 aliphatic carbocycles. The molecule has 1 aromatic carbocycles. The van der Waals surface area contributed by atoms with E-state index in [-0.39, 0.29) is 42.2 Å². The number of likely N-dealkylation sites (tertiary alicyclic amines) is 1. The van der Waals surface area contributed by atoms with Gasteiger partial charge in [-0.1, -0.05) is 69.2 Å². The fourth-order valence-electron chi connectivity index (χ4n) is 7.05. The molecule has 0 aromatic heterocycles. The van der Waals surface area contributed by atoms with Gasteiger partial charge in [-0.25, -0.2) is 0 Å². The van der Waals surface area contributed by atoms with Crippen LogP contribution < -0.4 is 0 Å². The van der Waals surface area contributed by atoms with Crippen molar-refractivity contribution in [2.75, 3.05) is 26.3 Å². The summed E-state index contributed by atoms with van der Waals surface area (Å²) >= 11 is 1.64. The molecule has 3 aliphatic heterocycles. The van der Waals surface area contributed by atoms with E-state index in [2.05, 4.69) is 27.0 Å². The van der Waals surface area contributed by atoms with Gasteiger partial charge in [0.2, 0.25) is 11.8 Å². The molecule has 40 heavy (non-hydrogen) atoms. The Kier molecular flexibility index (Phi) is 10.2. The molecule has 218 valence electrons. The first-order valence-electron chi connectivity index (χ1n) is 14.7. The molecular weight excluding hydrogens is 524 g/mol. The zero-order valence-corrected chi connectivity index (χ0v) is 24.7. The van der Waals surface area contributed by atoms with Gasteiger partial charge in [-0.15, -0.1) is 24.9 Å². The van der Waals surface area contributed by atoms with Crippen molar-refractivity contribution in [2.45, 2.75) is 74.5 Å². The normalized spacial score (nSPS) is 29.2. The van der Waals surface area contributed by atoms with Crippen LogP contribution in [0.25, 0.3) is 0 Å². The third-order valence-corrected chi connectivity index (χ3v) is 10.9. The number of aliphatic hydroxyl groups excluding tert-OH is 1. The average Bonchev–Trinajstić information content (AvgIpc) is 3.55. The van der Waals surface area contributed by atoms with Gasteiger partial charge >= 0.3 is 5.97 Å². The van der Waals surface area contributed by atoms with Crippen LogP contribution in [0.1, 0.15) is 51.5 Å². The molecule has 7 nitrogen and oxygen atoms in total. The van der Waals surface area contributed by atoms with E-state index < -0.39 is 28.7 Å². The van der Waals surface area contributed by atoms with Gasteiger partial charge in [0.1, 0.15) is 6.04 Å². The van der Waals surface area contributed by atoms with Crippen molar-refractivity contribution in [1.29, 1.82) is 0 Å². The minimum atomic E-state index is -0.775. The van der Waals surface area contributed by atoms with E-state index in [1.54, 1.807) is 28.8 Å². The zero-order valence-electron chi connectivity index (χ0n) is 23.9. The number of nitrogens with zero attached hydrogens (tertiary/aromatic N) is 2. The Balaban J connectivity index is 1.76. The lowest BCUT2D eigenvalue weighted by atomic mass is 9.66. The highest BCUT2D eigenvalue weighted by Gasteiger charge is 2.77. The van der Waals surface area contributed by atoms with Gasteiger partial charge in [-0.05, 0) is 37.2 Å². The smallest absolute Gasteiger partial charge is 0.310 e. The maximum Gasteiger partial charge on any atom is 0.310 e. The van der Waals surface area contributed by atoms with Crippen molar-refractivity contribution in [3.05, 3.63) is 61.2 Å². The summed E-state index contributed by atoms with van der Waals surface area (Å²) in [7, 11) is 0. The molecule has 0 radical (unpaired) electrons. The van der Waals surface area contributed by atoms with Crippen molar-refractivity contribution in [1.82, 2.24) is 9.80 Å². The van der Waals surface area contributed by atoms with Crippen LogP contribution in [-0.4, -0.2) is 81.1 Å². The first kappa shape index (κ1) is 30.4. The molecule has 1 aromatic rings. The summed E-state index contributed by atoms with van der Waals surface area (Å²) in [5.41, 5.74) is 0.978. The maximum atomic E-state index is 14.6. The van der Waals surface area contributed by atoms with Crippen LogP contribution in [0.4, 0.5) is 0 Å². The van der Waals surface area contributed by atoms with Crippen molar-refractivity contribution in [3.8, 4) is 0 Å². The van der Waals surface area contributed by atoms with Crippen molar-refractivity contribution < 1.29 is 24.2 Å². The quantitative estimate of drug-likeness (QED) is 0.193. The van der Waals surface area contributed by atoms with Gasteiger partial charge in [0.25, 0.3) is 0 Å². The summed E-state index contributed by atoms with van der Waals surface area (Å²) in [4.78, 5) is 46.0. The summed E-state index contributed by atoms with van der Waals surface area (Å²) in [6.07, 6.45) is 8.04. The third kappa shape index (κ3) is 5.49. The van der Waals surface area contributed by atoms with Crippen LogP contribution in [0.2, 0.25) is 0 Å². The number of fused-ring (bicyclic) bond motifs is 1. The molecule has 8 heteroatoms. The number of carbonyl (C=O) groups excluding carboxylic acids is 3. The van der Waals surface area contributed by atoms with E-state index >= 15 is 0 Å². The fourth-order valence-corrected chi connectivity index (χ4v) is 9.44. The first-order valence-corrected chi connectivity index (χ1v) is 15.6. The minimum Gasteiger partial charge on any atom is -0.465 e. The minimum absolute atomic E-state index is 0.0462. The summed E-state index contributed by atoms with van der Waals surface area (Å²) < 4.78 is 4.87. The first-order chi connectivity index (χ1) is 19.3. The number of hydrogen-bond acceptors (Lipinski definition) is 6. The summed E-state index contributed by atoms with van der Waals surface area (Å²) in [5.74, 6) is -1.92. The lowest BCUT2D eigenvalue weighted by Gasteiger charge is -2.42. The number of esters is 1. The van der Waals surface area contributed by atoms with E-state index in [4.69, 9.17) is 4.74 Å². The third-order valence-electron chi connectivity index (χ3n) is 8.87. The SMILES string of the molecule is C=CCCOC(=O)[C@@H]1[C@H]2C(=O)N([C@@H](CO)Cc3ccccc3)C(C(=O)N(CC=C)CCCCC)C23S[C@@H]1CC3C. The van der Waals surface area contributed by atoms with Crippen LogP contribution in [0.5, 0.6) is 0 Å². The number of amides is 2. The molecule has 3 saturated heterocycles. The van der Waals surface area contributed by atoms with Gasteiger partial charge in [-0.3, -0.25) is 14.4 Å². The van der Waals surface area contributed by atoms with Crippen LogP contribution in [0, 0.1) is 17.8 Å². The summed E-state index contributed by atoms with van der Waals surface area (Å²) in [5, 5.41) is 10.6. The summed E-state index contributed by atoms with van der Waals surface area (Å²) in [6.45, 7) is 12.7. The second-order valence-corrected chi connectivity index (χ2v) is 12.9. The Bertz CT molecular complexity index is 1080. The molecule has 1 spiro atoms. The lowest BCUT2D eigenvalue weighted by Crippen LogP contribution is -2.59. The molecule has 4 rings (SSSR count). The molecule has 2 bridgehead atoms. The average molecular weight is 569 g/mol. The van der Waals surface area contributed by atoms with E-state index in [0.29, 0.717) is 25.9 Å². The second-order valence-electron chi connectivity index (χ2n) is 11.3.